The van der Waals surface area contributed by atoms with Gasteiger partial charge in [-0.2, -0.15) is 0 Å². The summed E-state index contributed by atoms with van der Waals surface area (Å²) in [6.07, 6.45) is 0.864. The van der Waals surface area contributed by atoms with Gasteiger partial charge in [-0.1, -0.05) is 39.4 Å². The van der Waals surface area contributed by atoms with E-state index < -0.39 is 0 Å². The van der Waals surface area contributed by atoms with E-state index in [9.17, 15) is 4.79 Å². The lowest BCUT2D eigenvalue weighted by Crippen LogP contribution is -2.36. The number of carbonyl (C=O) groups is 1. The molecule has 28 heavy (non-hydrogen) atoms. The Bertz CT molecular complexity index is 958. The van der Waals surface area contributed by atoms with Crippen LogP contribution in [0.1, 0.15) is 12.0 Å². The van der Waals surface area contributed by atoms with Gasteiger partial charge in [0.15, 0.2) is 11.7 Å². The summed E-state index contributed by atoms with van der Waals surface area (Å²) >= 11 is 5.02. The maximum absolute atomic E-state index is 13.0. The standard InChI is InChI=1S/C21H24BrN3O2S/c1-15-6-4-7-17(12-15)27-14-20(26)25(11-5-10-24(2)3)21-23-18-9-8-16(22)13-19(18)28-21/h4,6-9,12-13H,5,10-11,14H2,1-3H3. The fourth-order valence-electron chi connectivity index (χ4n) is 2.80. The van der Waals surface area contributed by atoms with E-state index in [-0.39, 0.29) is 12.5 Å². The molecule has 1 heterocycles. The van der Waals surface area contributed by atoms with Crippen molar-refractivity contribution in [2.24, 2.45) is 0 Å². The Morgan fingerprint density at radius 3 is 2.75 bits per heavy atom. The second kappa shape index (κ2) is 9.49. The van der Waals surface area contributed by atoms with Crippen LogP contribution in [0, 0.1) is 6.92 Å². The number of fused-ring (bicyclic) bond motifs is 1. The molecule has 1 aromatic heterocycles. The molecule has 0 aliphatic heterocycles. The number of thiazole rings is 1. The van der Waals surface area contributed by atoms with E-state index in [1.807, 2.05) is 63.5 Å². The topological polar surface area (TPSA) is 45.7 Å². The molecule has 0 atom stereocenters. The van der Waals surface area contributed by atoms with Gasteiger partial charge in [0.05, 0.1) is 10.2 Å². The first kappa shape index (κ1) is 20.8. The first-order chi connectivity index (χ1) is 13.4. The van der Waals surface area contributed by atoms with Gasteiger partial charge in [0.1, 0.15) is 5.75 Å². The lowest BCUT2D eigenvalue weighted by atomic mass is 10.2. The number of nitrogens with zero attached hydrogens (tertiary/aromatic N) is 3. The van der Waals surface area contributed by atoms with Crippen molar-refractivity contribution >= 4 is 48.5 Å². The average molecular weight is 462 g/mol. The fourth-order valence-corrected chi connectivity index (χ4v) is 4.36. The van der Waals surface area contributed by atoms with Gasteiger partial charge >= 0.3 is 0 Å². The summed E-state index contributed by atoms with van der Waals surface area (Å²) in [7, 11) is 4.06. The third-order valence-electron chi connectivity index (χ3n) is 4.21. The maximum Gasteiger partial charge on any atom is 0.266 e. The highest BCUT2D eigenvalue weighted by atomic mass is 79.9. The van der Waals surface area contributed by atoms with E-state index >= 15 is 0 Å². The van der Waals surface area contributed by atoms with Crippen LogP contribution in [0.4, 0.5) is 5.13 Å². The SMILES string of the molecule is Cc1cccc(OCC(=O)N(CCCN(C)C)c2nc3ccc(Br)cc3s2)c1. The minimum Gasteiger partial charge on any atom is -0.484 e. The lowest BCUT2D eigenvalue weighted by Gasteiger charge is -2.21. The van der Waals surface area contributed by atoms with E-state index in [4.69, 9.17) is 4.74 Å². The molecule has 2 aromatic carbocycles. The van der Waals surface area contributed by atoms with Crippen LogP contribution >= 0.6 is 27.3 Å². The molecule has 0 aliphatic rings. The van der Waals surface area contributed by atoms with E-state index in [0.29, 0.717) is 17.4 Å². The highest BCUT2D eigenvalue weighted by molar-refractivity contribution is 9.10. The normalized spacial score (nSPS) is 11.2. The maximum atomic E-state index is 13.0. The van der Waals surface area contributed by atoms with Gasteiger partial charge < -0.3 is 9.64 Å². The van der Waals surface area contributed by atoms with Crippen molar-refractivity contribution in [3.63, 3.8) is 0 Å². The molecule has 3 rings (SSSR count). The zero-order valence-electron chi connectivity index (χ0n) is 16.3. The smallest absolute Gasteiger partial charge is 0.266 e. The first-order valence-corrected chi connectivity index (χ1v) is 10.7. The number of hydrogen-bond donors (Lipinski definition) is 0. The van der Waals surface area contributed by atoms with E-state index in [1.54, 1.807) is 4.90 Å². The third-order valence-corrected chi connectivity index (χ3v) is 5.74. The summed E-state index contributed by atoms with van der Waals surface area (Å²) in [4.78, 5) is 21.5. The molecule has 0 N–H and O–H groups in total. The number of anilines is 1. The molecule has 0 spiro atoms. The molecule has 5 nitrogen and oxygen atoms in total. The molecule has 0 bridgehead atoms. The van der Waals surface area contributed by atoms with Crippen LogP contribution in [-0.2, 0) is 4.79 Å². The summed E-state index contributed by atoms with van der Waals surface area (Å²) in [6, 6.07) is 13.7. The Labute approximate surface area is 178 Å². The largest absolute Gasteiger partial charge is 0.484 e. The number of amides is 1. The van der Waals surface area contributed by atoms with Crippen LogP contribution < -0.4 is 9.64 Å². The van der Waals surface area contributed by atoms with Crippen LogP contribution in [0.15, 0.2) is 46.9 Å². The van der Waals surface area contributed by atoms with Gasteiger partial charge in [0.2, 0.25) is 0 Å². The highest BCUT2D eigenvalue weighted by Crippen LogP contribution is 2.31. The fraction of sp³-hybridized carbons (Fsp3) is 0.333. The number of aromatic nitrogens is 1. The Morgan fingerprint density at radius 2 is 2.00 bits per heavy atom. The Balaban J connectivity index is 1.77. The van der Waals surface area contributed by atoms with Crippen LogP contribution in [-0.4, -0.2) is 49.6 Å². The van der Waals surface area contributed by atoms with Gasteiger partial charge in [-0.05, 0) is 69.9 Å². The summed E-state index contributed by atoms with van der Waals surface area (Å²) < 4.78 is 7.79. The minimum absolute atomic E-state index is 0.00889. The monoisotopic (exact) mass is 461 g/mol. The predicted octanol–water partition coefficient (Wildman–Crippen LogP) is 4.73. The predicted molar refractivity (Wildman–Crippen MR) is 120 cm³/mol. The number of rotatable bonds is 8. The molecule has 0 fully saturated rings. The van der Waals surface area contributed by atoms with Crippen molar-refractivity contribution in [3.05, 3.63) is 52.5 Å². The molecule has 148 valence electrons. The molecule has 0 unspecified atom stereocenters. The molecule has 0 saturated heterocycles. The van der Waals surface area contributed by atoms with E-state index in [1.165, 1.54) is 11.3 Å². The molecule has 0 saturated carbocycles. The number of benzene rings is 2. The second-order valence-electron chi connectivity index (χ2n) is 6.92. The van der Waals surface area contributed by atoms with Gasteiger partial charge in [-0.3, -0.25) is 9.69 Å². The second-order valence-corrected chi connectivity index (χ2v) is 8.84. The molecular weight excluding hydrogens is 438 g/mol. The van der Waals surface area contributed by atoms with Crippen molar-refractivity contribution in [2.75, 3.05) is 38.7 Å². The van der Waals surface area contributed by atoms with E-state index in [2.05, 4.69) is 25.8 Å². The molecular formula is C21H24BrN3O2S. The number of aryl methyl sites for hydroxylation is 1. The summed E-state index contributed by atoms with van der Waals surface area (Å²) in [5.41, 5.74) is 2.00. The Hall–Kier alpha value is -1.96. The third kappa shape index (κ3) is 5.53. The van der Waals surface area contributed by atoms with Gasteiger partial charge in [-0.15, -0.1) is 0 Å². The zero-order chi connectivity index (χ0) is 20.1. The van der Waals surface area contributed by atoms with Crippen molar-refractivity contribution in [1.82, 2.24) is 9.88 Å². The minimum atomic E-state index is -0.0848. The Kier molecular flexibility index (Phi) is 7.04. The molecule has 0 radical (unpaired) electrons. The summed E-state index contributed by atoms with van der Waals surface area (Å²) in [6.45, 7) is 3.50. The van der Waals surface area contributed by atoms with Crippen molar-refractivity contribution < 1.29 is 9.53 Å². The van der Waals surface area contributed by atoms with Crippen molar-refractivity contribution in [2.45, 2.75) is 13.3 Å². The number of ether oxygens (including phenoxy) is 1. The van der Waals surface area contributed by atoms with Gasteiger partial charge in [0, 0.05) is 11.0 Å². The van der Waals surface area contributed by atoms with Crippen molar-refractivity contribution in [1.29, 1.82) is 0 Å². The summed E-state index contributed by atoms with van der Waals surface area (Å²) in [5, 5.41) is 0.713. The van der Waals surface area contributed by atoms with Crippen LogP contribution in [0.3, 0.4) is 0 Å². The van der Waals surface area contributed by atoms with Crippen LogP contribution in [0.2, 0.25) is 0 Å². The Morgan fingerprint density at radius 1 is 1.18 bits per heavy atom. The summed E-state index contributed by atoms with van der Waals surface area (Å²) in [5.74, 6) is 0.619. The van der Waals surface area contributed by atoms with Gasteiger partial charge in [0.25, 0.3) is 5.91 Å². The lowest BCUT2D eigenvalue weighted by molar-refractivity contribution is -0.120. The van der Waals surface area contributed by atoms with Crippen LogP contribution in [0.5, 0.6) is 5.75 Å². The average Bonchev–Trinajstić information content (AvgIpc) is 3.05. The van der Waals surface area contributed by atoms with Crippen LogP contribution in [0.25, 0.3) is 10.2 Å². The van der Waals surface area contributed by atoms with Crippen molar-refractivity contribution in [3.8, 4) is 5.75 Å². The number of carbonyl (C=O) groups excluding carboxylic acids is 1. The van der Waals surface area contributed by atoms with E-state index in [0.717, 1.165) is 33.2 Å². The number of halogens is 1. The van der Waals surface area contributed by atoms with Gasteiger partial charge in [-0.25, -0.2) is 4.98 Å². The number of hydrogen-bond acceptors (Lipinski definition) is 5. The molecule has 3 aromatic rings. The zero-order valence-corrected chi connectivity index (χ0v) is 18.7. The quantitative estimate of drug-likeness (QED) is 0.486. The molecule has 7 heteroatoms. The molecule has 0 aliphatic carbocycles. The first-order valence-electron chi connectivity index (χ1n) is 9.13. The molecule has 1 amide bonds. The highest BCUT2D eigenvalue weighted by Gasteiger charge is 2.20.